The molecule has 0 fully saturated rings. The molecule has 0 saturated carbocycles. The van der Waals surface area contributed by atoms with Crippen LogP contribution in [-0.2, 0) is 13.0 Å². The Balaban J connectivity index is 1.44. The average molecular weight is 396 g/mol. The lowest BCUT2D eigenvalue weighted by Gasteiger charge is -2.24. The van der Waals surface area contributed by atoms with Crippen LogP contribution in [0.5, 0.6) is 0 Å². The molecule has 0 spiro atoms. The molecule has 6 nitrogen and oxygen atoms in total. The number of hydrogen-bond donors (Lipinski definition) is 1. The van der Waals surface area contributed by atoms with Crippen molar-refractivity contribution >= 4 is 23.1 Å². The monoisotopic (exact) mass is 395 g/mol. The Morgan fingerprint density at radius 2 is 1.96 bits per heavy atom. The molecule has 1 atom stereocenters. The zero-order chi connectivity index (χ0) is 19.7. The SMILES string of the molecule is Cc1ccc(C(C)N(C)C(=O)Nc2ccc(-c3nnc4n3CCCC4)cc2)s1. The smallest absolute Gasteiger partial charge is 0.320 e. The van der Waals surface area contributed by atoms with Crippen LogP contribution in [0.4, 0.5) is 10.5 Å². The second-order valence-corrected chi connectivity index (χ2v) is 8.61. The summed E-state index contributed by atoms with van der Waals surface area (Å²) in [6, 6.07) is 11.9. The van der Waals surface area contributed by atoms with Gasteiger partial charge < -0.3 is 14.8 Å². The fourth-order valence-corrected chi connectivity index (χ4v) is 4.45. The fraction of sp³-hybridized carbons (Fsp3) is 0.381. The summed E-state index contributed by atoms with van der Waals surface area (Å²) in [4.78, 5) is 16.8. The predicted molar refractivity (Wildman–Crippen MR) is 113 cm³/mol. The van der Waals surface area contributed by atoms with E-state index in [4.69, 9.17) is 0 Å². The standard InChI is InChI=1S/C21H25N5OS/c1-14-7-12-18(28-14)15(2)25(3)21(27)22-17-10-8-16(9-11-17)20-24-23-19-6-4-5-13-26(19)20/h7-12,15H,4-6,13H2,1-3H3,(H,22,27). The predicted octanol–water partition coefficient (Wildman–Crippen LogP) is 4.88. The van der Waals surface area contributed by atoms with Gasteiger partial charge >= 0.3 is 6.03 Å². The second kappa shape index (κ2) is 7.75. The molecule has 1 unspecified atom stereocenters. The molecule has 1 N–H and O–H groups in total. The van der Waals surface area contributed by atoms with E-state index in [2.05, 4.69) is 39.1 Å². The third kappa shape index (κ3) is 3.67. The third-order valence-electron chi connectivity index (χ3n) is 5.33. The molecule has 3 heterocycles. The zero-order valence-corrected chi connectivity index (χ0v) is 17.3. The van der Waals surface area contributed by atoms with E-state index in [-0.39, 0.29) is 12.1 Å². The van der Waals surface area contributed by atoms with Gasteiger partial charge in [-0.1, -0.05) is 0 Å². The first-order valence-electron chi connectivity index (χ1n) is 9.65. The van der Waals surface area contributed by atoms with Crippen molar-refractivity contribution in [1.82, 2.24) is 19.7 Å². The molecule has 1 aromatic carbocycles. The summed E-state index contributed by atoms with van der Waals surface area (Å²) in [5, 5.41) is 11.7. The number of anilines is 1. The van der Waals surface area contributed by atoms with Crippen LogP contribution in [0.3, 0.4) is 0 Å². The Labute approximate surface area is 169 Å². The van der Waals surface area contributed by atoms with E-state index < -0.39 is 0 Å². The molecule has 2 aromatic heterocycles. The largest absolute Gasteiger partial charge is 0.322 e. The number of hydrogen-bond acceptors (Lipinski definition) is 4. The molecule has 28 heavy (non-hydrogen) atoms. The lowest BCUT2D eigenvalue weighted by atomic mass is 10.1. The number of thiophene rings is 1. The number of aromatic nitrogens is 3. The number of aryl methyl sites for hydroxylation is 2. The van der Waals surface area contributed by atoms with Crippen molar-refractivity contribution in [3.8, 4) is 11.4 Å². The highest BCUT2D eigenvalue weighted by Gasteiger charge is 2.20. The molecule has 3 aromatic rings. The van der Waals surface area contributed by atoms with Crippen molar-refractivity contribution in [2.45, 2.75) is 45.7 Å². The number of urea groups is 1. The molecular weight excluding hydrogens is 370 g/mol. The normalized spacial score (nSPS) is 14.4. The van der Waals surface area contributed by atoms with E-state index in [0.717, 1.165) is 35.9 Å². The maximum absolute atomic E-state index is 12.6. The summed E-state index contributed by atoms with van der Waals surface area (Å²) in [6.45, 7) is 5.10. The summed E-state index contributed by atoms with van der Waals surface area (Å²) in [5.41, 5.74) is 1.79. The maximum atomic E-state index is 12.6. The minimum atomic E-state index is -0.119. The Morgan fingerprint density at radius 3 is 2.68 bits per heavy atom. The molecule has 4 rings (SSSR count). The van der Waals surface area contributed by atoms with Gasteiger partial charge in [-0.15, -0.1) is 21.5 Å². The molecule has 0 saturated heterocycles. The molecule has 0 radical (unpaired) electrons. The van der Waals surface area contributed by atoms with Gasteiger partial charge in [-0.05, 0) is 63.1 Å². The van der Waals surface area contributed by atoms with Crippen molar-refractivity contribution < 1.29 is 4.79 Å². The summed E-state index contributed by atoms with van der Waals surface area (Å²) >= 11 is 1.72. The Hall–Kier alpha value is -2.67. The Morgan fingerprint density at radius 1 is 1.18 bits per heavy atom. The molecule has 7 heteroatoms. The van der Waals surface area contributed by atoms with E-state index in [9.17, 15) is 4.79 Å². The van der Waals surface area contributed by atoms with Crippen molar-refractivity contribution in [2.75, 3.05) is 12.4 Å². The molecule has 1 aliphatic rings. The van der Waals surface area contributed by atoms with Crippen molar-refractivity contribution in [2.24, 2.45) is 0 Å². The molecule has 1 aliphatic heterocycles. The van der Waals surface area contributed by atoms with Gasteiger partial charge in [0.05, 0.1) is 6.04 Å². The van der Waals surface area contributed by atoms with E-state index in [1.807, 2.05) is 38.2 Å². The number of carbonyl (C=O) groups is 1. The van der Waals surface area contributed by atoms with Gasteiger partial charge in [0, 0.05) is 41.0 Å². The van der Waals surface area contributed by atoms with Gasteiger partial charge in [0.1, 0.15) is 5.82 Å². The molecule has 2 amide bonds. The maximum Gasteiger partial charge on any atom is 0.322 e. The van der Waals surface area contributed by atoms with Crippen LogP contribution in [0.25, 0.3) is 11.4 Å². The van der Waals surface area contributed by atoms with Gasteiger partial charge in [0.15, 0.2) is 5.82 Å². The number of rotatable bonds is 4. The Kier molecular flexibility index (Phi) is 5.17. The van der Waals surface area contributed by atoms with Crippen LogP contribution < -0.4 is 5.32 Å². The van der Waals surface area contributed by atoms with Crippen LogP contribution in [0.15, 0.2) is 36.4 Å². The minimum Gasteiger partial charge on any atom is -0.320 e. The van der Waals surface area contributed by atoms with Gasteiger partial charge in [0.2, 0.25) is 0 Å². The van der Waals surface area contributed by atoms with Crippen molar-refractivity contribution in [3.05, 3.63) is 52.0 Å². The summed E-state index contributed by atoms with van der Waals surface area (Å²) < 4.78 is 2.20. The molecular formula is C21H25N5OS. The number of fused-ring (bicyclic) bond motifs is 1. The highest BCUT2D eigenvalue weighted by molar-refractivity contribution is 7.12. The van der Waals surface area contributed by atoms with Crippen LogP contribution >= 0.6 is 11.3 Å². The van der Waals surface area contributed by atoms with Crippen molar-refractivity contribution in [1.29, 1.82) is 0 Å². The topological polar surface area (TPSA) is 63.1 Å². The minimum absolute atomic E-state index is 0.0282. The number of benzene rings is 1. The van der Waals surface area contributed by atoms with Crippen LogP contribution in [0.1, 0.15) is 41.4 Å². The summed E-state index contributed by atoms with van der Waals surface area (Å²) in [6.07, 6.45) is 3.34. The highest BCUT2D eigenvalue weighted by Crippen LogP contribution is 2.27. The number of nitrogens with zero attached hydrogens (tertiary/aromatic N) is 4. The first-order chi connectivity index (χ1) is 13.5. The average Bonchev–Trinajstić information content (AvgIpc) is 3.34. The van der Waals surface area contributed by atoms with E-state index in [1.165, 1.54) is 22.6 Å². The van der Waals surface area contributed by atoms with E-state index in [1.54, 1.807) is 16.2 Å². The quantitative estimate of drug-likeness (QED) is 0.685. The van der Waals surface area contributed by atoms with Gasteiger partial charge in [0.25, 0.3) is 0 Å². The fourth-order valence-electron chi connectivity index (χ4n) is 3.48. The lowest BCUT2D eigenvalue weighted by molar-refractivity contribution is 0.209. The second-order valence-electron chi connectivity index (χ2n) is 7.29. The van der Waals surface area contributed by atoms with Crippen LogP contribution in [-0.4, -0.2) is 32.7 Å². The molecule has 146 valence electrons. The number of amides is 2. The number of carbonyl (C=O) groups excluding carboxylic acids is 1. The highest BCUT2D eigenvalue weighted by atomic mass is 32.1. The lowest BCUT2D eigenvalue weighted by Crippen LogP contribution is -2.33. The van der Waals surface area contributed by atoms with E-state index >= 15 is 0 Å². The number of nitrogens with one attached hydrogen (secondary N) is 1. The van der Waals surface area contributed by atoms with E-state index in [0.29, 0.717) is 0 Å². The van der Waals surface area contributed by atoms with Crippen molar-refractivity contribution in [3.63, 3.8) is 0 Å². The van der Waals surface area contributed by atoms with Gasteiger partial charge in [-0.3, -0.25) is 0 Å². The third-order valence-corrected chi connectivity index (χ3v) is 6.50. The summed E-state index contributed by atoms with van der Waals surface area (Å²) in [5.74, 6) is 1.98. The summed E-state index contributed by atoms with van der Waals surface area (Å²) in [7, 11) is 1.83. The van der Waals surface area contributed by atoms with Gasteiger partial charge in [-0.2, -0.15) is 0 Å². The first kappa shape index (κ1) is 18.7. The first-order valence-corrected chi connectivity index (χ1v) is 10.5. The van der Waals surface area contributed by atoms with Crippen LogP contribution in [0, 0.1) is 6.92 Å². The molecule has 0 aliphatic carbocycles. The van der Waals surface area contributed by atoms with Gasteiger partial charge in [-0.25, -0.2) is 4.79 Å². The zero-order valence-electron chi connectivity index (χ0n) is 16.5. The molecule has 0 bridgehead atoms. The van der Waals surface area contributed by atoms with Crippen LogP contribution in [0.2, 0.25) is 0 Å². The Bertz CT molecular complexity index is 975.